The Bertz CT molecular complexity index is 2130. The molecule has 0 saturated heterocycles. The molecule has 5 aromatic rings. The number of benzene rings is 5. The minimum absolute atomic E-state index is 0.0682. The van der Waals surface area contributed by atoms with Gasteiger partial charge in [-0.1, -0.05) is 66.3 Å². The maximum Gasteiger partial charge on any atom is 0.131 e. The van der Waals surface area contributed by atoms with Crippen LogP contribution in [0, 0.1) is 13.8 Å². The first-order chi connectivity index (χ1) is 25.4. The van der Waals surface area contributed by atoms with Crippen molar-refractivity contribution in [2.75, 3.05) is 27.4 Å². The van der Waals surface area contributed by atoms with E-state index in [0.717, 1.165) is 39.0 Å². The van der Waals surface area contributed by atoms with Crippen molar-refractivity contribution in [3.8, 4) is 67.9 Å². The third-order valence-electron chi connectivity index (χ3n) is 9.70. The summed E-state index contributed by atoms with van der Waals surface area (Å²) in [5, 5.41) is 23.2. The van der Waals surface area contributed by atoms with E-state index in [1.165, 1.54) is 11.1 Å². The molecule has 54 heavy (non-hydrogen) atoms. The summed E-state index contributed by atoms with van der Waals surface area (Å²) in [4.78, 5) is 0. The lowest BCUT2D eigenvalue weighted by Gasteiger charge is -2.26. The van der Waals surface area contributed by atoms with Crippen LogP contribution in [0.1, 0.15) is 82.7 Å². The number of methoxy groups -OCH3 is 2. The van der Waals surface area contributed by atoms with Crippen LogP contribution in [0.15, 0.2) is 85.4 Å². The van der Waals surface area contributed by atoms with Gasteiger partial charge in [-0.25, -0.2) is 0 Å². The first kappa shape index (κ1) is 39.8. The number of aryl methyl sites for hydroxylation is 2. The number of phenolic OH excluding ortho intramolecular Hbond substituents is 2. The number of rotatable bonds is 12. The monoisotopic (exact) mass is 728 g/mol. The highest BCUT2D eigenvalue weighted by molar-refractivity contribution is 5.86. The van der Waals surface area contributed by atoms with E-state index in [0.29, 0.717) is 59.3 Å². The molecular formula is C48H56O6. The van der Waals surface area contributed by atoms with E-state index < -0.39 is 0 Å². The largest absolute Gasteiger partial charge is 0.507 e. The Hall–Kier alpha value is -5.36. The number of phenols is 2. The van der Waals surface area contributed by atoms with Crippen molar-refractivity contribution >= 4 is 5.57 Å². The van der Waals surface area contributed by atoms with E-state index in [-0.39, 0.29) is 22.3 Å². The van der Waals surface area contributed by atoms with Gasteiger partial charge in [0.15, 0.2) is 0 Å². The molecule has 0 bridgehead atoms. The Morgan fingerprint density at radius 3 is 1.46 bits per heavy atom. The van der Waals surface area contributed by atoms with Crippen LogP contribution in [-0.2, 0) is 10.8 Å². The standard InChI is InChI=1S/C48H56O6/c1-29(2)37-20-30(3)22-41(45(37)49)39-27-35(51-11)14-16-43(39)53-18-13-19-54-44-17-15-36(52-12)28-40(44)42-23-31(4)21-38(46(42)50)32-24-33(47(5,6)7)26-34(25-32)48(8,9)10/h14-17,20-28,49-50H,1,13,18-19H2,2-12H3. The summed E-state index contributed by atoms with van der Waals surface area (Å²) in [6.07, 6.45) is 0.577. The first-order valence-corrected chi connectivity index (χ1v) is 18.5. The third kappa shape index (κ3) is 8.87. The zero-order valence-electron chi connectivity index (χ0n) is 33.9. The van der Waals surface area contributed by atoms with Crippen molar-refractivity contribution in [2.45, 2.75) is 79.6 Å². The first-order valence-electron chi connectivity index (χ1n) is 18.5. The minimum atomic E-state index is -0.0682. The molecule has 0 fully saturated rings. The molecule has 0 spiro atoms. The van der Waals surface area contributed by atoms with E-state index in [9.17, 15) is 10.2 Å². The van der Waals surface area contributed by atoms with E-state index >= 15 is 0 Å². The van der Waals surface area contributed by atoms with Gasteiger partial charge in [0, 0.05) is 39.8 Å². The number of ether oxygens (including phenoxy) is 4. The van der Waals surface area contributed by atoms with Gasteiger partial charge in [-0.3, -0.25) is 0 Å². The van der Waals surface area contributed by atoms with Crippen molar-refractivity contribution < 1.29 is 29.2 Å². The Labute approximate surface area is 322 Å². The van der Waals surface area contributed by atoms with Crippen LogP contribution in [0.25, 0.3) is 39.0 Å². The Morgan fingerprint density at radius 1 is 0.574 bits per heavy atom. The quantitative estimate of drug-likeness (QED) is 0.125. The SMILES string of the molecule is C=C(C)c1cc(C)cc(-c2cc(OC)ccc2OCCCOc2ccc(OC)cc2-c2cc(C)cc(-c3cc(C(C)(C)C)cc(C(C)(C)C)c3)c2O)c1O. The van der Waals surface area contributed by atoms with Crippen LogP contribution in [0.5, 0.6) is 34.5 Å². The second kappa shape index (κ2) is 15.9. The Balaban J connectivity index is 1.43. The van der Waals surface area contributed by atoms with Gasteiger partial charge in [0.25, 0.3) is 0 Å². The summed E-state index contributed by atoms with van der Waals surface area (Å²) in [5.41, 5.74) is 10.3. The average Bonchev–Trinajstić information content (AvgIpc) is 3.12. The van der Waals surface area contributed by atoms with E-state index in [1.807, 2.05) is 81.4 Å². The predicted molar refractivity (Wildman–Crippen MR) is 223 cm³/mol. The number of allylic oxidation sites excluding steroid dienone is 1. The van der Waals surface area contributed by atoms with E-state index in [2.05, 4.69) is 66.3 Å². The summed E-state index contributed by atoms with van der Waals surface area (Å²) in [6, 6.07) is 25.8. The molecule has 0 aliphatic rings. The second-order valence-electron chi connectivity index (χ2n) is 16.3. The molecule has 0 saturated carbocycles. The fourth-order valence-corrected chi connectivity index (χ4v) is 6.53. The Morgan fingerprint density at radius 2 is 1.02 bits per heavy atom. The van der Waals surface area contributed by atoms with Crippen LogP contribution in [0.3, 0.4) is 0 Å². The van der Waals surface area contributed by atoms with Gasteiger partial charge in [-0.15, -0.1) is 0 Å². The predicted octanol–water partition coefficient (Wildman–Crippen LogP) is 12.2. The van der Waals surface area contributed by atoms with E-state index in [1.54, 1.807) is 14.2 Å². The van der Waals surface area contributed by atoms with Gasteiger partial charge >= 0.3 is 0 Å². The second-order valence-corrected chi connectivity index (χ2v) is 16.3. The van der Waals surface area contributed by atoms with Crippen LogP contribution in [0.2, 0.25) is 0 Å². The van der Waals surface area contributed by atoms with Crippen molar-refractivity contribution in [1.29, 1.82) is 0 Å². The smallest absolute Gasteiger partial charge is 0.131 e. The molecule has 5 aromatic carbocycles. The van der Waals surface area contributed by atoms with Gasteiger partial charge in [-0.2, -0.15) is 0 Å². The fraction of sp³-hybridized carbons (Fsp3) is 0.333. The van der Waals surface area contributed by atoms with Gasteiger partial charge < -0.3 is 29.2 Å². The van der Waals surface area contributed by atoms with Crippen LogP contribution in [-0.4, -0.2) is 37.6 Å². The summed E-state index contributed by atoms with van der Waals surface area (Å²) in [5.74, 6) is 2.91. The molecule has 284 valence electrons. The van der Waals surface area contributed by atoms with Gasteiger partial charge in [0.2, 0.25) is 0 Å². The normalized spacial score (nSPS) is 11.7. The number of aromatic hydroxyl groups is 2. The molecule has 6 nitrogen and oxygen atoms in total. The molecule has 5 rings (SSSR count). The molecular weight excluding hydrogens is 673 g/mol. The lowest BCUT2D eigenvalue weighted by Crippen LogP contribution is -2.16. The molecule has 0 amide bonds. The molecule has 0 aliphatic heterocycles. The zero-order chi connectivity index (χ0) is 39.5. The van der Waals surface area contributed by atoms with Gasteiger partial charge in [0.05, 0.1) is 27.4 Å². The lowest BCUT2D eigenvalue weighted by atomic mass is 9.78. The lowest BCUT2D eigenvalue weighted by molar-refractivity contribution is 0.248. The van der Waals surface area contributed by atoms with Crippen molar-refractivity contribution in [3.63, 3.8) is 0 Å². The van der Waals surface area contributed by atoms with Gasteiger partial charge in [-0.05, 0) is 126 Å². The molecule has 6 heteroatoms. The maximum absolute atomic E-state index is 12.0. The van der Waals surface area contributed by atoms with E-state index in [4.69, 9.17) is 18.9 Å². The fourth-order valence-electron chi connectivity index (χ4n) is 6.53. The molecule has 0 unspecified atom stereocenters. The minimum Gasteiger partial charge on any atom is -0.507 e. The van der Waals surface area contributed by atoms with Crippen LogP contribution < -0.4 is 18.9 Å². The van der Waals surface area contributed by atoms with Crippen molar-refractivity contribution in [1.82, 2.24) is 0 Å². The van der Waals surface area contributed by atoms with Crippen molar-refractivity contribution in [2.24, 2.45) is 0 Å². The van der Waals surface area contributed by atoms with Crippen molar-refractivity contribution in [3.05, 3.63) is 113 Å². The maximum atomic E-state index is 12.0. The molecule has 0 radical (unpaired) electrons. The molecule has 0 atom stereocenters. The number of hydrogen-bond donors (Lipinski definition) is 2. The summed E-state index contributed by atoms with van der Waals surface area (Å²) < 4.78 is 23.9. The van der Waals surface area contributed by atoms with Gasteiger partial charge in [0.1, 0.15) is 34.5 Å². The number of hydrogen-bond acceptors (Lipinski definition) is 6. The highest BCUT2D eigenvalue weighted by Crippen LogP contribution is 2.46. The summed E-state index contributed by atoms with van der Waals surface area (Å²) in [6.45, 7) is 24.0. The molecule has 0 heterocycles. The highest BCUT2D eigenvalue weighted by Gasteiger charge is 2.24. The molecule has 0 aliphatic carbocycles. The van der Waals surface area contributed by atoms with Crippen LogP contribution in [0.4, 0.5) is 0 Å². The Kier molecular flexibility index (Phi) is 11.8. The highest BCUT2D eigenvalue weighted by atomic mass is 16.5. The van der Waals surface area contributed by atoms with Crippen LogP contribution >= 0.6 is 0 Å². The third-order valence-corrected chi connectivity index (χ3v) is 9.70. The zero-order valence-corrected chi connectivity index (χ0v) is 33.9. The summed E-state index contributed by atoms with van der Waals surface area (Å²) >= 11 is 0. The topological polar surface area (TPSA) is 77.4 Å². The molecule has 0 aromatic heterocycles. The summed E-state index contributed by atoms with van der Waals surface area (Å²) in [7, 11) is 3.25. The average molecular weight is 729 g/mol. The molecule has 2 N–H and O–H groups in total.